The highest BCUT2D eigenvalue weighted by molar-refractivity contribution is 5.70. The molecule has 0 aliphatic carbocycles. The summed E-state index contributed by atoms with van der Waals surface area (Å²) in [5.41, 5.74) is 0. The maximum atomic E-state index is 12.7. The standard InChI is InChI=1S/C57H92O5/c1-4-7-10-13-16-19-21-23-25-27-28-29-31-33-35-37-40-43-46-49-52-60-53-55(62-57(59)51-48-45-42-38-18-15-12-9-6-3)54-61-56(58)50-47-44-41-39-36-34-32-30-26-24-22-20-17-14-11-8-5-2/h7-8,10-11,16-17,19-20,23-26,28-29,32-35,40,43,55H,4-6,9,12-15,18,21-22,27,30-31,36-39,41-42,44-54H2,1-3H3/b10-7-,11-8-,19-16-,20-17-,25-23-,26-24-,29-28-,34-32-,35-33-,43-40-. The van der Waals surface area contributed by atoms with Gasteiger partial charge in [-0.05, 0) is 103 Å². The Labute approximate surface area is 382 Å². The summed E-state index contributed by atoms with van der Waals surface area (Å²) in [5.74, 6) is -0.467. The number of hydrogen-bond donors (Lipinski definition) is 0. The number of rotatable bonds is 44. The molecule has 0 aromatic heterocycles. The number of esters is 2. The lowest BCUT2D eigenvalue weighted by Gasteiger charge is -2.18. The zero-order valence-corrected chi connectivity index (χ0v) is 40.1. The molecule has 0 amide bonds. The summed E-state index contributed by atoms with van der Waals surface area (Å²) in [5, 5.41) is 0. The summed E-state index contributed by atoms with van der Waals surface area (Å²) in [6, 6.07) is 0. The van der Waals surface area contributed by atoms with Crippen LogP contribution in [-0.4, -0.2) is 37.9 Å². The van der Waals surface area contributed by atoms with Crippen LogP contribution in [0.1, 0.15) is 201 Å². The van der Waals surface area contributed by atoms with Gasteiger partial charge in [-0.2, -0.15) is 0 Å². The Balaban J connectivity index is 4.37. The molecule has 0 bridgehead atoms. The third-order valence-corrected chi connectivity index (χ3v) is 9.99. The number of carbonyl (C=O) groups excluding carboxylic acids is 2. The van der Waals surface area contributed by atoms with Gasteiger partial charge < -0.3 is 14.2 Å². The van der Waals surface area contributed by atoms with Crippen molar-refractivity contribution in [3.63, 3.8) is 0 Å². The monoisotopic (exact) mass is 857 g/mol. The summed E-state index contributed by atoms with van der Waals surface area (Å²) in [7, 11) is 0. The van der Waals surface area contributed by atoms with E-state index in [9.17, 15) is 9.59 Å². The molecule has 0 aliphatic heterocycles. The fourth-order valence-electron chi connectivity index (χ4n) is 6.34. The minimum absolute atomic E-state index is 0.0430. The van der Waals surface area contributed by atoms with Crippen LogP contribution < -0.4 is 0 Å². The van der Waals surface area contributed by atoms with Crippen LogP contribution >= 0.6 is 0 Å². The van der Waals surface area contributed by atoms with Crippen LogP contribution in [0.25, 0.3) is 0 Å². The first-order valence-electron chi connectivity index (χ1n) is 25.1. The van der Waals surface area contributed by atoms with Gasteiger partial charge >= 0.3 is 11.9 Å². The molecule has 0 aliphatic rings. The Bertz CT molecular complexity index is 1290. The van der Waals surface area contributed by atoms with Crippen molar-refractivity contribution >= 4 is 11.9 Å². The van der Waals surface area contributed by atoms with E-state index < -0.39 is 6.10 Å². The molecule has 0 fully saturated rings. The van der Waals surface area contributed by atoms with E-state index in [0.29, 0.717) is 19.4 Å². The Hall–Kier alpha value is -3.70. The molecule has 62 heavy (non-hydrogen) atoms. The van der Waals surface area contributed by atoms with Crippen molar-refractivity contribution in [2.75, 3.05) is 19.8 Å². The van der Waals surface area contributed by atoms with Gasteiger partial charge in [0.1, 0.15) is 6.61 Å². The van der Waals surface area contributed by atoms with Crippen molar-refractivity contribution in [1.82, 2.24) is 0 Å². The first-order chi connectivity index (χ1) is 30.6. The lowest BCUT2D eigenvalue weighted by atomic mass is 10.1. The van der Waals surface area contributed by atoms with Gasteiger partial charge in [0.15, 0.2) is 6.10 Å². The van der Waals surface area contributed by atoms with Crippen molar-refractivity contribution in [3.8, 4) is 0 Å². The number of allylic oxidation sites excluding steroid dienone is 20. The number of hydrogen-bond acceptors (Lipinski definition) is 5. The Morgan fingerprint density at radius 1 is 0.371 bits per heavy atom. The minimum atomic E-state index is -0.582. The predicted octanol–water partition coefficient (Wildman–Crippen LogP) is 17.0. The predicted molar refractivity (Wildman–Crippen MR) is 269 cm³/mol. The first kappa shape index (κ1) is 58.3. The highest BCUT2D eigenvalue weighted by atomic mass is 16.6. The molecule has 1 unspecified atom stereocenters. The normalized spacial score (nSPS) is 13.3. The molecule has 0 aromatic rings. The zero-order valence-electron chi connectivity index (χ0n) is 40.1. The Kier molecular flexibility index (Phi) is 48.6. The first-order valence-corrected chi connectivity index (χ1v) is 25.1. The zero-order chi connectivity index (χ0) is 44.9. The number of carbonyl (C=O) groups is 2. The fourth-order valence-corrected chi connectivity index (χ4v) is 6.34. The van der Waals surface area contributed by atoms with Crippen molar-refractivity contribution in [3.05, 3.63) is 122 Å². The number of unbranched alkanes of at least 4 members (excludes halogenated alkanes) is 13. The van der Waals surface area contributed by atoms with Crippen LogP contribution in [0.4, 0.5) is 0 Å². The van der Waals surface area contributed by atoms with Gasteiger partial charge in [-0.3, -0.25) is 9.59 Å². The summed E-state index contributed by atoms with van der Waals surface area (Å²) in [6.45, 7) is 7.40. The largest absolute Gasteiger partial charge is 0.462 e. The van der Waals surface area contributed by atoms with E-state index in [-0.39, 0.29) is 25.2 Å². The van der Waals surface area contributed by atoms with Crippen LogP contribution in [0.2, 0.25) is 0 Å². The third-order valence-electron chi connectivity index (χ3n) is 9.99. The average Bonchev–Trinajstić information content (AvgIpc) is 3.27. The molecule has 0 saturated heterocycles. The van der Waals surface area contributed by atoms with E-state index in [1.807, 2.05) is 0 Å². The van der Waals surface area contributed by atoms with Crippen molar-refractivity contribution < 1.29 is 23.8 Å². The third kappa shape index (κ3) is 49.0. The van der Waals surface area contributed by atoms with Gasteiger partial charge in [0.25, 0.3) is 0 Å². The van der Waals surface area contributed by atoms with Gasteiger partial charge in [0.05, 0.1) is 6.61 Å². The fraction of sp³-hybridized carbons (Fsp3) is 0.614. The quantitative estimate of drug-likeness (QED) is 0.0347. The van der Waals surface area contributed by atoms with Crippen LogP contribution in [-0.2, 0) is 23.8 Å². The SMILES string of the molecule is CC/C=C\C/C=C\C/C=C\C/C=C\C/C=C\C/C=C\CCCOCC(COC(=O)CCCCCC/C=C\C/C=C\C/C=C\C/C=C\CC)OC(=O)CCCCCCCCCCC. The smallest absolute Gasteiger partial charge is 0.306 e. The van der Waals surface area contributed by atoms with Crippen LogP contribution in [0.5, 0.6) is 0 Å². The second-order valence-electron chi connectivity index (χ2n) is 16.0. The molecule has 1 atom stereocenters. The van der Waals surface area contributed by atoms with E-state index in [1.165, 1.54) is 38.5 Å². The Morgan fingerprint density at radius 3 is 1.16 bits per heavy atom. The van der Waals surface area contributed by atoms with Gasteiger partial charge in [-0.25, -0.2) is 0 Å². The highest BCUT2D eigenvalue weighted by Gasteiger charge is 2.17. The van der Waals surface area contributed by atoms with Crippen molar-refractivity contribution in [1.29, 1.82) is 0 Å². The molecule has 0 radical (unpaired) electrons. The molecule has 350 valence electrons. The lowest BCUT2D eigenvalue weighted by molar-refractivity contribution is -0.163. The van der Waals surface area contributed by atoms with Crippen molar-refractivity contribution in [2.24, 2.45) is 0 Å². The molecule has 0 saturated carbocycles. The minimum Gasteiger partial charge on any atom is -0.462 e. The molecule has 0 aromatic carbocycles. The highest BCUT2D eigenvalue weighted by Crippen LogP contribution is 2.12. The molecule has 0 N–H and O–H groups in total. The summed E-state index contributed by atoms with van der Waals surface area (Å²) < 4.78 is 17.3. The second-order valence-corrected chi connectivity index (χ2v) is 16.0. The van der Waals surface area contributed by atoms with E-state index in [2.05, 4.69) is 142 Å². The van der Waals surface area contributed by atoms with E-state index in [1.54, 1.807) is 0 Å². The number of ether oxygens (including phenoxy) is 3. The molecule has 0 heterocycles. The maximum Gasteiger partial charge on any atom is 0.306 e. The molecular formula is C57H92O5. The maximum absolute atomic E-state index is 12.7. The topological polar surface area (TPSA) is 61.8 Å². The lowest BCUT2D eigenvalue weighted by Crippen LogP contribution is -2.30. The van der Waals surface area contributed by atoms with E-state index in [4.69, 9.17) is 14.2 Å². The van der Waals surface area contributed by atoms with Crippen molar-refractivity contribution in [2.45, 2.75) is 207 Å². The molecule has 0 spiro atoms. The van der Waals surface area contributed by atoms with Gasteiger partial charge in [0.2, 0.25) is 0 Å². The van der Waals surface area contributed by atoms with Crippen LogP contribution in [0, 0.1) is 0 Å². The summed E-state index contributed by atoms with van der Waals surface area (Å²) in [4.78, 5) is 25.3. The van der Waals surface area contributed by atoms with Gasteiger partial charge in [0, 0.05) is 19.4 Å². The molecule has 5 heteroatoms. The molecule has 5 nitrogen and oxygen atoms in total. The van der Waals surface area contributed by atoms with E-state index in [0.717, 1.165) is 128 Å². The summed E-state index contributed by atoms with van der Waals surface area (Å²) >= 11 is 0. The van der Waals surface area contributed by atoms with Crippen LogP contribution in [0.3, 0.4) is 0 Å². The Morgan fingerprint density at radius 2 is 0.726 bits per heavy atom. The average molecular weight is 857 g/mol. The summed E-state index contributed by atoms with van der Waals surface area (Å²) in [6.07, 6.45) is 72.2. The molecule has 0 rings (SSSR count). The van der Waals surface area contributed by atoms with Gasteiger partial charge in [-0.15, -0.1) is 0 Å². The van der Waals surface area contributed by atoms with Gasteiger partial charge in [-0.1, -0.05) is 206 Å². The molecular weight excluding hydrogens is 765 g/mol. The van der Waals surface area contributed by atoms with E-state index >= 15 is 0 Å². The second kappa shape index (κ2) is 51.6. The van der Waals surface area contributed by atoms with Crippen LogP contribution in [0.15, 0.2) is 122 Å².